The Morgan fingerprint density at radius 3 is 2.94 bits per heavy atom. The number of hydrogen-bond acceptors (Lipinski definition) is 3. The van der Waals surface area contributed by atoms with Crippen LogP contribution in [0.2, 0.25) is 0 Å². The van der Waals surface area contributed by atoms with Crippen LogP contribution in [0, 0.1) is 5.92 Å². The molecule has 0 saturated heterocycles. The Labute approximate surface area is 94.7 Å². The van der Waals surface area contributed by atoms with Gasteiger partial charge in [-0.3, -0.25) is 4.98 Å². The lowest BCUT2D eigenvalue weighted by atomic mass is 10.1. The van der Waals surface area contributed by atoms with E-state index in [2.05, 4.69) is 16.4 Å². The maximum atomic E-state index is 5.93. The summed E-state index contributed by atoms with van der Waals surface area (Å²) in [5, 5.41) is 5.69. The quantitative estimate of drug-likeness (QED) is 0.771. The van der Waals surface area contributed by atoms with Crippen molar-refractivity contribution in [1.29, 1.82) is 0 Å². The lowest BCUT2D eigenvalue weighted by Crippen LogP contribution is -2.04. The average molecular weight is 213 g/mol. The summed E-state index contributed by atoms with van der Waals surface area (Å²) in [5.74, 6) is 0.870. The molecule has 2 aromatic rings. The molecule has 3 nitrogen and oxygen atoms in total. The topological polar surface area (TPSA) is 50.9 Å². The number of pyridine rings is 1. The standard InChI is InChI=1S/C13H15N3/c14-12-3-4-13(16-7-9-1-2-9)10-5-6-15-8-11(10)12/h3-6,8-9,16H,1-2,7,14H2. The van der Waals surface area contributed by atoms with Crippen molar-refractivity contribution in [2.75, 3.05) is 17.6 Å². The second-order valence-corrected chi connectivity index (χ2v) is 4.45. The first kappa shape index (κ1) is 9.46. The Bertz CT molecular complexity index is 518. The van der Waals surface area contributed by atoms with E-state index in [0.29, 0.717) is 0 Å². The minimum atomic E-state index is 0.792. The van der Waals surface area contributed by atoms with Crippen molar-refractivity contribution in [3.05, 3.63) is 30.6 Å². The van der Waals surface area contributed by atoms with Gasteiger partial charge in [0.2, 0.25) is 0 Å². The summed E-state index contributed by atoms with van der Waals surface area (Å²) in [5.41, 5.74) is 7.88. The average Bonchev–Trinajstić information content (AvgIpc) is 3.13. The van der Waals surface area contributed by atoms with Crippen molar-refractivity contribution in [3.8, 4) is 0 Å². The molecule has 0 unspecified atom stereocenters. The van der Waals surface area contributed by atoms with Crippen molar-refractivity contribution < 1.29 is 0 Å². The predicted octanol–water partition coefficient (Wildman–Crippen LogP) is 2.64. The van der Waals surface area contributed by atoms with Crippen molar-refractivity contribution in [3.63, 3.8) is 0 Å². The van der Waals surface area contributed by atoms with Crippen molar-refractivity contribution in [2.45, 2.75) is 12.8 Å². The molecule has 0 aliphatic heterocycles. The summed E-state index contributed by atoms with van der Waals surface area (Å²) >= 11 is 0. The summed E-state index contributed by atoms with van der Waals surface area (Å²) in [7, 11) is 0. The van der Waals surface area contributed by atoms with Gasteiger partial charge in [0, 0.05) is 41.1 Å². The van der Waals surface area contributed by atoms with Crippen molar-refractivity contribution in [1.82, 2.24) is 4.98 Å². The maximum Gasteiger partial charge on any atom is 0.0422 e. The van der Waals surface area contributed by atoms with E-state index in [4.69, 9.17) is 5.73 Å². The van der Waals surface area contributed by atoms with Gasteiger partial charge in [-0.2, -0.15) is 0 Å². The fourth-order valence-electron chi connectivity index (χ4n) is 1.94. The van der Waals surface area contributed by atoms with Crippen LogP contribution >= 0.6 is 0 Å². The van der Waals surface area contributed by atoms with Crippen LogP contribution in [0.25, 0.3) is 10.8 Å². The van der Waals surface area contributed by atoms with Gasteiger partial charge in [0.05, 0.1) is 0 Å². The summed E-state index contributed by atoms with van der Waals surface area (Å²) in [6.07, 6.45) is 6.36. The molecule has 3 heteroatoms. The molecule has 1 saturated carbocycles. The summed E-state index contributed by atoms with van der Waals surface area (Å²) in [6, 6.07) is 6.01. The molecule has 0 amide bonds. The van der Waals surface area contributed by atoms with Crippen LogP contribution < -0.4 is 11.1 Å². The van der Waals surface area contributed by atoms with E-state index in [1.165, 1.54) is 18.5 Å². The summed E-state index contributed by atoms with van der Waals surface area (Å²) in [4.78, 5) is 4.11. The van der Waals surface area contributed by atoms with Gasteiger partial charge in [0.15, 0.2) is 0 Å². The number of benzene rings is 1. The van der Waals surface area contributed by atoms with E-state index >= 15 is 0 Å². The SMILES string of the molecule is Nc1ccc(NCC2CC2)c2ccncc12. The molecule has 0 bridgehead atoms. The molecule has 1 aliphatic rings. The van der Waals surface area contributed by atoms with E-state index in [-0.39, 0.29) is 0 Å². The van der Waals surface area contributed by atoms with Crippen LogP contribution in [0.15, 0.2) is 30.6 Å². The molecule has 1 fully saturated rings. The largest absolute Gasteiger partial charge is 0.398 e. The molecule has 1 aromatic heterocycles. The van der Waals surface area contributed by atoms with Crippen LogP contribution in [-0.2, 0) is 0 Å². The minimum Gasteiger partial charge on any atom is -0.398 e. The molecule has 1 aliphatic carbocycles. The highest BCUT2D eigenvalue weighted by molar-refractivity contribution is 6.00. The first-order valence-corrected chi connectivity index (χ1v) is 5.70. The second-order valence-electron chi connectivity index (χ2n) is 4.45. The van der Waals surface area contributed by atoms with Crippen LogP contribution in [0.1, 0.15) is 12.8 Å². The summed E-state index contributed by atoms with van der Waals surface area (Å²) < 4.78 is 0. The lowest BCUT2D eigenvalue weighted by molar-refractivity contribution is 0.890. The van der Waals surface area contributed by atoms with Gasteiger partial charge < -0.3 is 11.1 Å². The van der Waals surface area contributed by atoms with E-state index in [9.17, 15) is 0 Å². The van der Waals surface area contributed by atoms with Crippen LogP contribution in [0.3, 0.4) is 0 Å². The van der Waals surface area contributed by atoms with Crippen LogP contribution in [-0.4, -0.2) is 11.5 Å². The van der Waals surface area contributed by atoms with Crippen molar-refractivity contribution in [2.24, 2.45) is 5.92 Å². The molecule has 3 rings (SSSR count). The highest BCUT2D eigenvalue weighted by Gasteiger charge is 2.20. The van der Waals surface area contributed by atoms with Gasteiger partial charge in [-0.05, 0) is 37.0 Å². The third-order valence-electron chi connectivity index (χ3n) is 3.13. The van der Waals surface area contributed by atoms with Crippen LogP contribution in [0.5, 0.6) is 0 Å². The smallest absolute Gasteiger partial charge is 0.0422 e. The Morgan fingerprint density at radius 2 is 2.12 bits per heavy atom. The third-order valence-corrected chi connectivity index (χ3v) is 3.13. The fraction of sp³-hybridized carbons (Fsp3) is 0.308. The lowest BCUT2D eigenvalue weighted by Gasteiger charge is -2.10. The Hall–Kier alpha value is -1.77. The van der Waals surface area contributed by atoms with Crippen LogP contribution in [0.4, 0.5) is 11.4 Å². The molecular weight excluding hydrogens is 198 g/mol. The van der Waals surface area contributed by atoms with Gasteiger partial charge in [0.1, 0.15) is 0 Å². The number of nitrogens with zero attached hydrogens (tertiary/aromatic N) is 1. The summed E-state index contributed by atoms with van der Waals surface area (Å²) in [6.45, 7) is 1.07. The van der Waals surface area contributed by atoms with Gasteiger partial charge in [-0.15, -0.1) is 0 Å². The molecule has 0 atom stereocenters. The molecule has 16 heavy (non-hydrogen) atoms. The number of hydrogen-bond donors (Lipinski definition) is 2. The van der Waals surface area contributed by atoms with Crippen molar-refractivity contribution >= 4 is 22.1 Å². The van der Waals surface area contributed by atoms with Gasteiger partial charge >= 0.3 is 0 Å². The molecule has 1 heterocycles. The number of nitrogen functional groups attached to an aromatic ring is 1. The first-order chi connectivity index (χ1) is 7.84. The number of nitrogens with two attached hydrogens (primary N) is 1. The molecule has 1 aromatic carbocycles. The minimum absolute atomic E-state index is 0.792. The second kappa shape index (κ2) is 3.67. The highest BCUT2D eigenvalue weighted by Crippen LogP contribution is 2.31. The van der Waals surface area contributed by atoms with E-state index in [0.717, 1.165) is 28.9 Å². The van der Waals surface area contributed by atoms with Gasteiger partial charge in [-0.1, -0.05) is 0 Å². The fourth-order valence-corrected chi connectivity index (χ4v) is 1.94. The van der Waals surface area contributed by atoms with Gasteiger partial charge in [-0.25, -0.2) is 0 Å². The number of fused-ring (bicyclic) bond motifs is 1. The molecule has 82 valence electrons. The Kier molecular flexibility index (Phi) is 2.17. The number of aromatic nitrogens is 1. The van der Waals surface area contributed by atoms with E-state index < -0.39 is 0 Å². The molecule has 0 spiro atoms. The Balaban J connectivity index is 1.99. The predicted molar refractivity (Wildman–Crippen MR) is 67.4 cm³/mol. The van der Waals surface area contributed by atoms with E-state index in [1.807, 2.05) is 24.5 Å². The highest BCUT2D eigenvalue weighted by atomic mass is 14.9. The number of anilines is 2. The Morgan fingerprint density at radius 1 is 1.25 bits per heavy atom. The maximum absolute atomic E-state index is 5.93. The number of nitrogens with one attached hydrogen (secondary N) is 1. The molecular formula is C13H15N3. The zero-order valence-corrected chi connectivity index (χ0v) is 9.11. The third kappa shape index (κ3) is 1.69. The zero-order valence-electron chi connectivity index (χ0n) is 9.11. The molecule has 3 N–H and O–H groups in total. The van der Waals surface area contributed by atoms with Gasteiger partial charge in [0.25, 0.3) is 0 Å². The van der Waals surface area contributed by atoms with E-state index in [1.54, 1.807) is 0 Å². The molecule has 0 radical (unpaired) electrons. The monoisotopic (exact) mass is 213 g/mol. The normalized spacial score (nSPS) is 15.2. The number of rotatable bonds is 3. The zero-order chi connectivity index (χ0) is 11.0. The first-order valence-electron chi connectivity index (χ1n) is 5.70.